The van der Waals surface area contributed by atoms with Crippen molar-refractivity contribution in [3.8, 4) is 17.2 Å². The van der Waals surface area contributed by atoms with Gasteiger partial charge in [-0.2, -0.15) is 0 Å². The Kier molecular flexibility index (Phi) is 9.25. The standard InChI is InChI=1S/C30H35N3O6/c1-4-18-39-24-13-10-22(19-25(24)38-6-3)27-26(28(34)21-8-11-23(12-9-21)37-5-2)29(35)30(36)33(27)16-7-15-32-17-14-31-20-32/h8-14,17,19-20,27,34H,4-7,15-16,18H2,1-3H3/b28-26+. The van der Waals surface area contributed by atoms with Crippen LogP contribution in [0.1, 0.15) is 50.8 Å². The Morgan fingerprint density at radius 2 is 1.72 bits per heavy atom. The van der Waals surface area contributed by atoms with Crippen molar-refractivity contribution < 1.29 is 28.9 Å². The molecule has 1 atom stereocenters. The largest absolute Gasteiger partial charge is 0.507 e. The molecule has 1 fully saturated rings. The maximum Gasteiger partial charge on any atom is 0.295 e. The van der Waals surface area contributed by atoms with Crippen molar-refractivity contribution in [3.05, 3.63) is 77.9 Å². The van der Waals surface area contributed by atoms with Crippen LogP contribution in [-0.4, -0.2) is 57.6 Å². The first-order valence-corrected chi connectivity index (χ1v) is 13.3. The topological polar surface area (TPSA) is 103 Å². The highest BCUT2D eigenvalue weighted by Gasteiger charge is 2.46. The van der Waals surface area contributed by atoms with Crippen molar-refractivity contribution in [2.75, 3.05) is 26.4 Å². The molecule has 0 spiro atoms. The van der Waals surface area contributed by atoms with Crippen molar-refractivity contribution in [2.24, 2.45) is 0 Å². The first-order valence-electron chi connectivity index (χ1n) is 13.3. The van der Waals surface area contributed by atoms with Gasteiger partial charge in [0, 0.05) is 31.0 Å². The summed E-state index contributed by atoms with van der Waals surface area (Å²) in [5.74, 6) is 0.151. The summed E-state index contributed by atoms with van der Waals surface area (Å²) < 4.78 is 19.1. The number of carbonyl (C=O) groups is 2. The predicted octanol–water partition coefficient (Wildman–Crippen LogP) is 4.98. The molecule has 1 unspecified atom stereocenters. The number of aliphatic hydroxyl groups is 1. The van der Waals surface area contributed by atoms with Gasteiger partial charge in [-0.15, -0.1) is 0 Å². The van der Waals surface area contributed by atoms with Gasteiger partial charge in [-0.3, -0.25) is 9.59 Å². The van der Waals surface area contributed by atoms with Gasteiger partial charge in [-0.1, -0.05) is 13.0 Å². The molecule has 0 saturated carbocycles. The molecule has 206 valence electrons. The fraction of sp³-hybridized carbons (Fsp3) is 0.367. The van der Waals surface area contributed by atoms with Gasteiger partial charge in [-0.25, -0.2) is 4.98 Å². The first kappa shape index (κ1) is 27.8. The third-order valence-corrected chi connectivity index (χ3v) is 6.40. The van der Waals surface area contributed by atoms with Crippen molar-refractivity contribution in [2.45, 2.75) is 46.2 Å². The highest BCUT2D eigenvalue weighted by Crippen LogP contribution is 2.42. The minimum atomic E-state index is -0.793. The van der Waals surface area contributed by atoms with Crippen LogP contribution in [0.5, 0.6) is 17.2 Å². The van der Waals surface area contributed by atoms with Gasteiger partial charge in [-0.05, 0) is 68.7 Å². The van der Waals surface area contributed by atoms with Gasteiger partial charge < -0.3 is 28.8 Å². The number of aromatic nitrogens is 2. The van der Waals surface area contributed by atoms with Gasteiger partial charge in [0.2, 0.25) is 0 Å². The van der Waals surface area contributed by atoms with Crippen LogP contribution >= 0.6 is 0 Å². The Balaban J connectivity index is 1.75. The smallest absolute Gasteiger partial charge is 0.295 e. The molecule has 9 heteroatoms. The van der Waals surface area contributed by atoms with E-state index >= 15 is 0 Å². The number of benzene rings is 2. The Morgan fingerprint density at radius 3 is 2.38 bits per heavy atom. The molecule has 1 saturated heterocycles. The number of hydrogen-bond acceptors (Lipinski definition) is 7. The van der Waals surface area contributed by atoms with E-state index in [4.69, 9.17) is 14.2 Å². The molecule has 1 amide bonds. The number of aryl methyl sites for hydroxylation is 1. The molecule has 39 heavy (non-hydrogen) atoms. The fourth-order valence-electron chi connectivity index (χ4n) is 4.63. The number of likely N-dealkylation sites (tertiary alicyclic amines) is 1. The van der Waals surface area contributed by atoms with Gasteiger partial charge in [0.05, 0.1) is 37.8 Å². The summed E-state index contributed by atoms with van der Waals surface area (Å²) in [4.78, 5) is 32.3. The molecule has 1 aliphatic rings. The third-order valence-electron chi connectivity index (χ3n) is 6.40. The van der Waals surface area contributed by atoms with E-state index in [9.17, 15) is 14.7 Å². The second-order valence-corrected chi connectivity index (χ2v) is 9.09. The number of amides is 1. The summed E-state index contributed by atoms with van der Waals surface area (Å²) in [7, 11) is 0. The molecule has 0 bridgehead atoms. The first-order chi connectivity index (χ1) is 19.0. The lowest BCUT2D eigenvalue weighted by Gasteiger charge is -2.26. The summed E-state index contributed by atoms with van der Waals surface area (Å²) in [5, 5.41) is 11.4. The zero-order chi connectivity index (χ0) is 27.8. The Labute approximate surface area is 228 Å². The Hall–Kier alpha value is -4.27. The van der Waals surface area contributed by atoms with Crippen molar-refractivity contribution in [1.29, 1.82) is 0 Å². The molecule has 2 aromatic carbocycles. The Morgan fingerprint density at radius 1 is 0.949 bits per heavy atom. The number of ether oxygens (including phenoxy) is 3. The summed E-state index contributed by atoms with van der Waals surface area (Å²) in [6, 6.07) is 11.4. The van der Waals surface area contributed by atoms with E-state index in [1.165, 1.54) is 4.90 Å². The normalized spacial score (nSPS) is 16.5. The molecule has 0 aliphatic carbocycles. The summed E-state index contributed by atoms with van der Waals surface area (Å²) >= 11 is 0. The van der Waals surface area contributed by atoms with Crippen LogP contribution in [0.4, 0.5) is 0 Å². The molecule has 9 nitrogen and oxygen atoms in total. The molecule has 1 aliphatic heterocycles. The minimum Gasteiger partial charge on any atom is -0.507 e. The maximum absolute atomic E-state index is 13.4. The number of Topliss-reactive ketones (excluding diaryl/α,β-unsaturated/α-hetero) is 1. The summed E-state index contributed by atoms with van der Waals surface area (Å²) in [5.41, 5.74) is 1.11. The third kappa shape index (κ3) is 6.25. The maximum atomic E-state index is 13.4. The number of ketones is 1. The van der Waals surface area contributed by atoms with Crippen LogP contribution in [0.3, 0.4) is 0 Å². The average Bonchev–Trinajstić information content (AvgIpc) is 3.55. The SMILES string of the molecule is CCCOc1ccc(C2/C(=C(\O)c3ccc(OCC)cc3)C(=O)C(=O)N2CCCn2ccnc2)cc1OCC. The molecular formula is C30H35N3O6. The fourth-order valence-corrected chi connectivity index (χ4v) is 4.63. The predicted molar refractivity (Wildman–Crippen MR) is 147 cm³/mol. The highest BCUT2D eigenvalue weighted by molar-refractivity contribution is 6.46. The van der Waals surface area contributed by atoms with Crippen LogP contribution in [0.15, 0.2) is 66.8 Å². The van der Waals surface area contributed by atoms with E-state index in [1.54, 1.807) is 48.9 Å². The lowest BCUT2D eigenvalue weighted by atomic mass is 9.95. The molecule has 1 N–H and O–H groups in total. The second kappa shape index (κ2) is 13.0. The van der Waals surface area contributed by atoms with Gasteiger partial charge in [0.1, 0.15) is 11.5 Å². The van der Waals surface area contributed by atoms with Crippen LogP contribution in [0.25, 0.3) is 5.76 Å². The summed E-state index contributed by atoms with van der Waals surface area (Å²) in [6.07, 6.45) is 6.69. The molecule has 1 aromatic heterocycles. The molecule has 0 radical (unpaired) electrons. The van der Waals surface area contributed by atoms with Crippen LogP contribution in [0.2, 0.25) is 0 Å². The lowest BCUT2D eigenvalue weighted by molar-refractivity contribution is -0.139. The van der Waals surface area contributed by atoms with E-state index in [0.717, 1.165) is 6.42 Å². The van der Waals surface area contributed by atoms with E-state index in [1.807, 2.05) is 37.6 Å². The van der Waals surface area contributed by atoms with Crippen molar-refractivity contribution in [1.82, 2.24) is 14.5 Å². The molecule has 2 heterocycles. The van der Waals surface area contributed by atoms with E-state index in [-0.39, 0.29) is 11.3 Å². The average molecular weight is 534 g/mol. The van der Waals surface area contributed by atoms with Crippen LogP contribution < -0.4 is 14.2 Å². The van der Waals surface area contributed by atoms with Gasteiger partial charge in [0.15, 0.2) is 11.5 Å². The minimum absolute atomic E-state index is 0.0384. The van der Waals surface area contributed by atoms with E-state index < -0.39 is 17.7 Å². The second-order valence-electron chi connectivity index (χ2n) is 9.09. The number of hydrogen-bond donors (Lipinski definition) is 1. The van der Waals surface area contributed by atoms with Crippen LogP contribution in [-0.2, 0) is 16.1 Å². The van der Waals surface area contributed by atoms with Crippen molar-refractivity contribution in [3.63, 3.8) is 0 Å². The lowest BCUT2D eigenvalue weighted by Crippen LogP contribution is -2.31. The quantitative estimate of drug-likeness (QED) is 0.188. The monoisotopic (exact) mass is 533 g/mol. The highest BCUT2D eigenvalue weighted by atomic mass is 16.5. The molecular weight excluding hydrogens is 498 g/mol. The zero-order valence-corrected chi connectivity index (χ0v) is 22.6. The number of imidazole rings is 1. The number of aliphatic hydroxyl groups excluding tert-OH is 1. The number of rotatable bonds is 13. The van der Waals surface area contributed by atoms with Gasteiger partial charge >= 0.3 is 0 Å². The molecule has 4 rings (SSSR count). The van der Waals surface area contributed by atoms with Crippen LogP contribution in [0, 0.1) is 0 Å². The molecule has 3 aromatic rings. The van der Waals surface area contributed by atoms with E-state index in [0.29, 0.717) is 67.7 Å². The van der Waals surface area contributed by atoms with Gasteiger partial charge in [0.25, 0.3) is 11.7 Å². The zero-order valence-electron chi connectivity index (χ0n) is 22.6. The number of carbonyl (C=O) groups excluding carboxylic acids is 2. The summed E-state index contributed by atoms with van der Waals surface area (Å²) in [6.45, 7) is 8.19. The number of nitrogens with zero attached hydrogens (tertiary/aromatic N) is 3. The van der Waals surface area contributed by atoms with Crippen molar-refractivity contribution >= 4 is 17.4 Å². The Bertz CT molecular complexity index is 1300. The van der Waals surface area contributed by atoms with E-state index in [2.05, 4.69) is 4.98 Å².